The van der Waals surface area contributed by atoms with Crippen LogP contribution in [0.25, 0.3) is 11.1 Å². The van der Waals surface area contributed by atoms with E-state index in [1.807, 2.05) is 0 Å². The molecule has 3 aromatic carbocycles. The number of likely N-dealkylation sites (N-methyl/N-ethyl adjacent to an activating group) is 1. The predicted octanol–water partition coefficient (Wildman–Crippen LogP) is 5.76. The van der Waals surface area contributed by atoms with Gasteiger partial charge in [-0.1, -0.05) is 79.7 Å². The fourth-order valence-electron chi connectivity index (χ4n) is 3.35. The SMILES string of the molecule is CC/C(=C(\c1ccccc1)c1ccc(OCCN(C)C)cc1)c1ccccc1.O=[N+]([O-])[O-]. The molecular formula is C26H29N2O4-. The molecule has 0 heterocycles. The lowest BCUT2D eigenvalue weighted by atomic mass is 9.88. The number of nitrogens with zero attached hydrogens (tertiary/aromatic N) is 2. The van der Waals surface area contributed by atoms with Crippen LogP contribution < -0.4 is 4.74 Å². The summed E-state index contributed by atoms with van der Waals surface area (Å²) in [5.41, 5.74) is 6.37. The van der Waals surface area contributed by atoms with Crippen molar-refractivity contribution < 1.29 is 9.82 Å². The van der Waals surface area contributed by atoms with Crippen LogP contribution in [-0.2, 0) is 0 Å². The van der Waals surface area contributed by atoms with Crippen molar-refractivity contribution in [3.8, 4) is 5.75 Å². The number of hydrogen-bond donors (Lipinski definition) is 0. The van der Waals surface area contributed by atoms with Gasteiger partial charge in [-0.05, 0) is 60.5 Å². The van der Waals surface area contributed by atoms with Crippen LogP contribution in [-0.4, -0.2) is 37.2 Å². The molecule has 0 aliphatic carbocycles. The summed E-state index contributed by atoms with van der Waals surface area (Å²) >= 11 is 0. The van der Waals surface area contributed by atoms with Gasteiger partial charge in [0.05, 0.1) is 5.09 Å². The number of benzene rings is 3. The lowest BCUT2D eigenvalue weighted by molar-refractivity contribution is -0.402. The van der Waals surface area contributed by atoms with Crippen LogP contribution in [0.1, 0.15) is 30.0 Å². The van der Waals surface area contributed by atoms with Gasteiger partial charge < -0.3 is 25.0 Å². The highest BCUT2D eigenvalue weighted by Crippen LogP contribution is 2.34. The Balaban J connectivity index is 0.000000837. The standard InChI is InChI=1S/C26H29NO.NO3/c1-4-25(21-11-7-5-8-12-21)26(22-13-9-6-10-14-22)23-15-17-24(18-16-23)28-20-19-27(2)3;2-1(3)4/h5-18H,4,19-20H2,1-3H3;/q;-1/b26-25-;. The second kappa shape index (κ2) is 12.9. The molecule has 0 spiro atoms. The summed E-state index contributed by atoms with van der Waals surface area (Å²) < 4.78 is 5.87. The zero-order chi connectivity index (χ0) is 23.3. The van der Waals surface area contributed by atoms with Crippen molar-refractivity contribution in [1.82, 2.24) is 4.90 Å². The number of ether oxygens (including phenoxy) is 1. The smallest absolute Gasteiger partial charge is 0.119 e. The highest BCUT2D eigenvalue weighted by molar-refractivity contribution is 5.98. The lowest BCUT2D eigenvalue weighted by Gasteiger charge is -2.17. The lowest BCUT2D eigenvalue weighted by Crippen LogP contribution is -2.19. The van der Waals surface area contributed by atoms with Crippen LogP contribution in [0.4, 0.5) is 0 Å². The summed E-state index contributed by atoms with van der Waals surface area (Å²) in [4.78, 5) is 10.4. The monoisotopic (exact) mass is 433 g/mol. The molecule has 0 aromatic heterocycles. The molecule has 0 unspecified atom stereocenters. The average Bonchev–Trinajstić information content (AvgIpc) is 2.78. The first-order valence-corrected chi connectivity index (χ1v) is 10.5. The largest absolute Gasteiger partial charge is 0.492 e. The van der Waals surface area contributed by atoms with Crippen LogP contribution in [0.15, 0.2) is 84.9 Å². The molecule has 0 aliphatic rings. The van der Waals surface area contributed by atoms with Gasteiger partial charge in [0.2, 0.25) is 0 Å². The fraction of sp³-hybridized carbons (Fsp3) is 0.231. The Bertz CT molecular complexity index is 981. The van der Waals surface area contributed by atoms with E-state index in [1.165, 1.54) is 27.8 Å². The Labute approximate surface area is 189 Å². The molecule has 168 valence electrons. The molecule has 32 heavy (non-hydrogen) atoms. The van der Waals surface area contributed by atoms with Crippen LogP contribution in [0.2, 0.25) is 0 Å². The molecule has 0 amide bonds. The van der Waals surface area contributed by atoms with Crippen molar-refractivity contribution in [2.24, 2.45) is 0 Å². The zero-order valence-electron chi connectivity index (χ0n) is 18.7. The Kier molecular flexibility index (Phi) is 9.94. The normalized spacial score (nSPS) is 11.2. The Morgan fingerprint density at radius 2 is 1.28 bits per heavy atom. The van der Waals surface area contributed by atoms with Gasteiger partial charge in [0, 0.05) is 6.54 Å². The van der Waals surface area contributed by atoms with E-state index in [9.17, 15) is 0 Å². The Morgan fingerprint density at radius 1 is 0.812 bits per heavy atom. The Morgan fingerprint density at radius 3 is 1.75 bits per heavy atom. The van der Waals surface area contributed by atoms with E-state index in [1.54, 1.807) is 0 Å². The second-order valence-corrected chi connectivity index (χ2v) is 7.34. The van der Waals surface area contributed by atoms with Crippen molar-refractivity contribution in [2.45, 2.75) is 13.3 Å². The van der Waals surface area contributed by atoms with E-state index in [4.69, 9.17) is 20.1 Å². The second-order valence-electron chi connectivity index (χ2n) is 7.34. The minimum atomic E-state index is -1.75. The maximum absolute atomic E-state index is 8.25. The molecule has 3 rings (SSSR count). The van der Waals surface area contributed by atoms with E-state index in [0.29, 0.717) is 6.61 Å². The quantitative estimate of drug-likeness (QED) is 0.256. The molecule has 0 bridgehead atoms. The molecule has 6 heteroatoms. The molecule has 3 aromatic rings. The van der Waals surface area contributed by atoms with E-state index < -0.39 is 5.09 Å². The maximum atomic E-state index is 8.25. The summed E-state index contributed by atoms with van der Waals surface area (Å²) in [5.74, 6) is 0.913. The molecule has 0 fully saturated rings. The fourth-order valence-corrected chi connectivity index (χ4v) is 3.35. The molecule has 6 nitrogen and oxygen atoms in total. The molecule has 0 N–H and O–H groups in total. The van der Waals surface area contributed by atoms with Gasteiger partial charge in [-0.3, -0.25) is 0 Å². The van der Waals surface area contributed by atoms with Crippen molar-refractivity contribution >= 4 is 11.1 Å². The van der Waals surface area contributed by atoms with Gasteiger partial charge >= 0.3 is 0 Å². The average molecular weight is 434 g/mol. The molecule has 0 aliphatic heterocycles. The van der Waals surface area contributed by atoms with Gasteiger partial charge in [-0.25, -0.2) is 0 Å². The van der Waals surface area contributed by atoms with Gasteiger partial charge in [0.15, 0.2) is 0 Å². The number of hydrogen-bond acceptors (Lipinski definition) is 5. The molecular weight excluding hydrogens is 404 g/mol. The summed E-state index contributed by atoms with van der Waals surface area (Å²) in [5, 5.41) is 14.8. The van der Waals surface area contributed by atoms with Gasteiger partial charge in [-0.2, -0.15) is 0 Å². The third kappa shape index (κ3) is 7.89. The van der Waals surface area contributed by atoms with Gasteiger partial charge in [0.1, 0.15) is 12.4 Å². The third-order valence-electron chi connectivity index (χ3n) is 4.79. The van der Waals surface area contributed by atoms with E-state index in [0.717, 1.165) is 18.7 Å². The van der Waals surface area contributed by atoms with Gasteiger partial charge in [-0.15, -0.1) is 0 Å². The van der Waals surface area contributed by atoms with Crippen molar-refractivity contribution in [3.05, 3.63) is 117 Å². The highest BCUT2D eigenvalue weighted by atomic mass is 16.9. The van der Waals surface area contributed by atoms with Crippen LogP contribution in [0, 0.1) is 15.3 Å². The summed E-state index contributed by atoms with van der Waals surface area (Å²) in [6.07, 6.45) is 0.968. The number of rotatable bonds is 8. The zero-order valence-corrected chi connectivity index (χ0v) is 18.7. The molecule has 0 saturated carbocycles. The first kappa shape index (κ1) is 24.6. The summed E-state index contributed by atoms with van der Waals surface area (Å²) in [7, 11) is 4.11. The summed E-state index contributed by atoms with van der Waals surface area (Å²) in [6, 6.07) is 29.8. The maximum Gasteiger partial charge on any atom is 0.119 e. The summed E-state index contributed by atoms with van der Waals surface area (Å²) in [6.45, 7) is 3.83. The van der Waals surface area contributed by atoms with Crippen LogP contribution in [0.5, 0.6) is 5.75 Å². The first-order valence-electron chi connectivity index (χ1n) is 10.5. The minimum Gasteiger partial charge on any atom is -0.492 e. The molecule has 0 saturated heterocycles. The third-order valence-corrected chi connectivity index (χ3v) is 4.79. The highest BCUT2D eigenvalue weighted by Gasteiger charge is 2.13. The topological polar surface area (TPSA) is 78.7 Å². The minimum absolute atomic E-state index is 0.692. The van der Waals surface area contributed by atoms with Crippen molar-refractivity contribution in [1.29, 1.82) is 0 Å². The van der Waals surface area contributed by atoms with Crippen molar-refractivity contribution in [2.75, 3.05) is 27.2 Å². The molecule has 0 atom stereocenters. The van der Waals surface area contributed by atoms with E-state index in [2.05, 4.69) is 111 Å². The number of allylic oxidation sites excluding steroid dienone is 1. The predicted molar refractivity (Wildman–Crippen MR) is 130 cm³/mol. The van der Waals surface area contributed by atoms with Crippen molar-refractivity contribution in [3.63, 3.8) is 0 Å². The Hall–Kier alpha value is -3.64. The van der Waals surface area contributed by atoms with Crippen LogP contribution >= 0.6 is 0 Å². The first-order chi connectivity index (χ1) is 15.4. The van der Waals surface area contributed by atoms with Gasteiger partial charge in [0.25, 0.3) is 0 Å². The van der Waals surface area contributed by atoms with Crippen LogP contribution in [0.3, 0.4) is 0 Å². The molecule has 0 radical (unpaired) electrons. The van der Waals surface area contributed by atoms with E-state index >= 15 is 0 Å². The van der Waals surface area contributed by atoms with E-state index in [-0.39, 0.29) is 0 Å².